The molecule has 2 aromatic rings. The molecule has 0 aliphatic rings. The monoisotopic (exact) mass is 278 g/mol. The van der Waals surface area contributed by atoms with E-state index in [-0.39, 0.29) is 0 Å². The van der Waals surface area contributed by atoms with E-state index in [0.29, 0.717) is 12.5 Å². The van der Waals surface area contributed by atoms with Gasteiger partial charge in [0.15, 0.2) is 5.96 Å². The summed E-state index contributed by atoms with van der Waals surface area (Å²) in [6.07, 6.45) is 1.56. The number of thiophene rings is 1. The molecule has 0 aliphatic heterocycles. The summed E-state index contributed by atoms with van der Waals surface area (Å²) >= 11 is 1.78. The van der Waals surface area contributed by atoms with Gasteiger partial charge >= 0.3 is 0 Å². The lowest BCUT2D eigenvalue weighted by molar-refractivity contribution is 0.410. The lowest BCUT2D eigenvalue weighted by atomic mass is 10.1. The number of guanidine groups is 1. The van der Waals surface area contributed by atoms with E-state index in [1.165, 1.54) is 4.88 Å². The molecular formula is C13H18N4OS. The van der Waals surface area contributed by atoms with Crippen molar-refractivity contribution in [1.29, 1.82) is 0 Å². The molecule has 5 nitrogen and oxygen atoms in total. The molecule has 0 bridgehead atoms. The quantitative estimate of drug-likeness (QED) is 0.650. The molecule has 2 rings (SSSR count). The molecule has 1 unspecified atom stereocenters. The molecule has 19 heavy (non-hydrogen) atoms. The molecule has 2 N–H and O–H groups in total. The van der Waals surface area contributed by atoms with Crippen LogP contribution < -0.4 is 10.6 Å². The number of aliphatic imine (C=N–C) groups is 1. The second-order valence-electron chi connectivity index (χ2n) is 4.21. The molecule has 0 saturated carbocycles. The maximum atomic E-state index is 4.78. The van der Waals surface area contributed by atoms with E-state index in [1.807, 2.05) is 6.07 Å². The minimum atomic E-state index is 0.464. The third-order valence-electron chi connectivity index (χ3n) is 2.76. The zero-order valence-corrected chi connectivity index (χ0v) is 11.9. The van der Waals surface area contributed by atoms with Crippen molar-refractivity contribution in [2.24, 2.45) is 4.99 Å². The van der Waals surface area contributed by atoms with Crippen molar-refractivity contribution in [3.63, 3.8) is 0 Å². The van der Waals surface area contributed by atoms with Crippen LogP contribution >= 0.6 is 11.3 Å². The molecule has 0 radical (unpaired) electrons. The third kappa shape index (κ3) is 4.10. The molecule has 0 aromatic carbocycles. The first kappa shape index (κ1) is 13.6. The third-order valence-corrected chi connectivity index (χ3v) is 3.86. The first-order chi connectivity index (χ1) is 9.29. The molecule has 1 atom stereocenters. The molecular weight excluding hydrogens is 260 g/mol. The summed E-state index contributed by atoms with van der Waals surface area (Å²) < 4.78 is 4.78. The standard InChI is InChI=1S/C13H18N4OS/c1-10(12-4-3-7-19-12)8-15-13(14-2)16-9-11-5-6-18-17-11/h3-7,10H,8-9H2,1-2H3,(H2,14,15,16). The number of hydrogen-bond acceptors (Lipinski definition) is 4. The van der Waals surface area contributed by atoms with Crippen LogP contribution in [0.2, 0.25) is 0 Å². The van der Waals surface area contributed by atoms with Gasteiger partial charge in [-0.2, -0.15) is 0 Å². The van der Waals surface area contributed by atoms with Gasteiger partial charge in [0.25, 0.3) is 0 Å². The number of nitrogens with zero attached hydrogens (tertiary/aromatic N) is 2. The van der Waals surface area contributed by atoms with Crippen LogP contribution in [0.4, 0.5) is 0 Å². The summed E-state index contributed by atoms with van der Waals surface area (Å²) in [4.78, 5) is 5.55. The minimum Gasteiger partial charge on any atom is -0.364 e. The summed E-state index contributed by atoms with van der Waals surface area (Å²) in [6, 6.07) is 6.06. The van der Waals surface area contributed by atoms with Crippen LogP contribution in [-0.4, -0.2) is 24.7 Å². The number of rotatable bonds is 5. The Labute approximate surface area is 116 Å². The number of aromatic nitrogens is 1. The van der Waals surface area contributed by atoms with Gasteiger partial charge < -0.3 is 15.2 Å². The van der Waals surface area contributed by atoms with Crippen molar-refractivity contribution < 1.29 is 4.52 Å². The van der Waals surface area contributed by atoms with E-state index in [2.05, 4.69) is 45.2 Å². The highest BCUT2D eigenvalue weighted by molar-refractivity contribution is 7.10. The van der Waals surface area contributed by atoms with Gasteiger partial charge in [-0.1, -0.05) is 18.1 Å². The Morgan fingerprint density at radius 3 is 3.00 bits per heavy atom. The van der Waals surface area contributed by atoms with Gasteiger partial charge in [0.1, 0.15) is 12.0 Å². The van der Waals surface area contributed by atoms with Crippen LogP contribution in [0.15, 0.2) is 39.4 Å². The van der Waals surface area contributed by atoms with Crippen molar-refractivity contribution >= 4 is 17.3 Å². The van der Waals surface area contributed by atoms with E-state index in [4.69, 9.17) is 4.52 Å². The van der Waals surface area contributed by atoms with Gasteiger partial charge in [-0.15, -0.1) is 11.3 Å². The predicted octanol–water partition coefficient (Wildman–Crippen LogP) is 2.20. The Morgan fingerprint density at radius 1 is 1.47 bits per heavy atom. The van der Waals surface area contributed by atoms with E-state index in [0.717, 1.165) is 18.2 Å². The maximum Gasteiger partial charge on any atom is 0.191 e. The first-order valence-electron chi connectivity index (χ1n) is 6.16. The average molecular weight is 278 g/mol. The molecule has 6 heteroatoms. The SMILES string of the molecule is CN=C(NCc1ccon1)NCC(C)c1cccs1. The summed E-state index contributed by atoms with van der Waals surface area (Å²) in [5, 5.41) is 12.4. The normalized spacial score (nSPS) is 13.3. The molecule has 0 amide bonds. The number of nitrogens with one attached hydrogen (secondary N) is 2. The molecule has 2 aromatic heterocycles. The summed E-state index contributed by atoms with van der Waals surface area (Å²) in [5.74, 6) is 1.23. The van der Waals surface area contributed by atoms with Crippen LogP contribution in [0.25, 0.3) is 0 Å². The number of hydrogen-bond donors (Lipinski definition) is 2. The van der Waals surface area contributed by atoms with Gasteiger partial charge in [0.2, 0.25) is 0 Å². The lowest BCUT2D eigenvalue weighted by Crippen LogP contribution is -2.38. The van der Waals surface area contributed by atoms with Crippen LogP contribution in [-0.2, 0) is 6.54 Å². The average Bonchev–Trinajstić information content (AvgIpc) is 3.11. The fraction of sp³-hybridized carbons (Fsp3) is 0.385. The Morgan fingerprint density at radius 2 is 2.37 bits per heavy atom. The van der Waals surface area contributed by atoms with Crippen LogP contribution in [0.1, 0.15) is 23.4 Å². The van der Waals surface area contributed by atoms with Crippen LogP contribution in [0.3, 0.4) is 0 Å². The predicted molar refractivity (Wildman–Crippen MR) is 77.4 cm³/mol. The maximum absolute atomic E-state index is 4.78. The van der Waals surface area contributed by atoms with Gasteiger partial charge in [-0.25, -0.2) is 0 Å². The highest BCUT2D eigenvalue weighted by Gasteiger charge is 2.07. The van der Waals surface area contributed by atoms with E-state index in [1.54, 1.807) is 24.6 Å². The van der Waals surface area contributed by atoms with E-state index in [9.17, 15) is 0 Å². The van der Waals surface area contributed by atoms with Crippen molar-refractivity contribution in [2.75, 3.05) is 13.6 Å². The molecule has 0 fully saturated rings. The summed E-state index contributed by atoms with van der Waals surface area (Å²) in [5.41, 5.74) is 0.856. The second kappa shape index (κ2) is 6.94. The van der Waals surface area contributed by atoms with Crippen molar-refractivity contribution in [2.45, 2.75) is 19.4 Å². The second-order valence-corrected chi connectivity index (χ2v) is 5.19. The van der Waals surface area contributed by atoms with Gasteiger partial charge in [0.05, 0.1) is 6.54 Å². The summed E-state index contributed by atoms with van der Waals surface area (Å²) in [7, 11) is 1.76. The molecule has 0 aliphatic carbocycles. The molecule has 102 valence electrons. The smallest absolute Gasteiger partial charge is 0.191 e. The topological polar surface area (TPSA) is 62.5 Å². The van der Waals surface area contributed by atoms with Crippen molar-refractivity contribution in [1.82, 2.24) is 15.8 Å². The van der Waals surface area contributed by atoms with E-state index < -0.39 is 0 Å². The zero-order valence-electron chi connectivity index (χ0n) is 11.1. The van der Waals surface area contributed by atoms with Gasteiger partial charge in [-0.05, 0) is 11.4 Å². The molecule has 0 spiro atoms. The highest BCUT2D eigenvalue weighted by Crippen LogP contribution is 2.19. The highest BCUT2D eigenvalue weighted by atomic mass is 32.1. The Bertz CT molecular complexity index is 493. The Hall–Kier alpha value is -1.82. The van der Waals surface area contributed by atoms with Crippen LogP contribution in [0, 0.1) is 0 Å². The van der Waals surface area contributed by atoms with Gasteiger partial charge in [0, 0.05) is 30.5 Å². The van der Waals surface area contributed by atoms with Crippen molar-refractivity contribution in [3.05, 3.63) is 40.4 Å². The lowest BCUT2D eigenvalue weighted by Gasteiger charge is -2.14. The Balaban J connectivity index is 1.76. The molecule has 0 saturated heterocycles. The Kier molecular flexibility index (Phi) is 4.97. The van der Waals surface area contributed by atoms with Gasteiger partial charge in [-0.3, -0.25) is 4.99 Å². The minimum absolute atomic E-state index is 0.464. The van der Waals surface area contributed by atoms with E-state index >= 15 is 0 Å². The molecule has 2 heterocycles. The zero-order chi connectivity index (χ0) is 13.5. The van der Waals surface area contributed by atoms with Crippen molar-refractivity contribution in [3.8, 4) is 0 Å². The first-order valence-corrected chi connectivity index (χ1v) is 7.04. The summed E-state index contributed by atoms with van der Waals surface area (Å²) in [6.45, 7) is 3.65. The fourth-order valence-corrected chi connectivity index (χ4v) is 2.43. The largest absolute Gasteiger partial charge is 0.364 e. The fourth-order valence-electron chi connectivity index (χ4n) is 1.65. The van der Waals surface area contributed by atoms with Crippen LogP contribution in [0.5, 0.6) is 0 Å².